The molecule has 0 aromatic heterocycles. The molecule has 1 heteroatoms. The Morgan fingerprint density at radius 2 is 1.15 bits per heavy atom. The molecule has 0 aliphatic heterocycles. The van der Waals surface area contributed by atoms with E-state index in [1.54, 1.807) is 7.11 Å². The highest BCUT2D eigenvalue weighted by molar-refractivity contribution is 4.87. The lowest BCUT2D eigenvalue weighted by Gasteiger charge is -2.43. The molecule has 0 saturated carbocycles. The highest BCUT2D eigenvalue weighted by Gasteiger charge is 2.38. The van der Waals surface area contributed by atoms with Gasteiger partial charge >= 0.3 is 0 Å². The largest absolute Gasteiger partial charge is 0.381 e. The van der Waals surface area contributed by atoms with Crippen molar-refractivity contribution < 1.29 is 4.74 Å². The summed E-state index contributed by atoms with van der Waals surface area (Å²) in [4.78, 5) is 0. The van der Waals surface area contributed by atoms with Gasteiger partial charge in [-0.2, -0.15) is 0 Å². The van der Waals surface area contributed by atoms with Crippen molar-refractivity contribution in [3.05, 3.63) is 0 Å². The van der Waals surface area contributed by atoms with Gasteiger partial charge in [0, 0.05) is 7.11 Å². The average Bonchev–Trinajstić information content (AvgIpc) is 1.80. The smallest absolute Gasteiger partial charge is 0.0581 e. The number of ether oxygens (including phenoxy) is 1. The summed E-state index contributed by atoms with van der Waals surface area (Å²) in [5, 5.41) is 0. The molecule has 0 fully saturated rings. The van der Waals surface area contributed by atoms with Gasteiger partial charge in [-0.25, -0.2) is 0 Å². The molecule has 0 rings (SSSR count). The van der Waals surface area contributed by atoms with Crippen LogP contribution in [-0.2, 0) is 4.74 Å². The van der Waals surface area contributed by atoms with Gasteiger partial charge in [-0.05, 0) is 23.7 Å². The number of hydrogen-bond donors (Lipinski definition) is 0. The Kier molecular flexibility index (Phi) is 3.98. The second-order valence-electron chi connectivity index (χ2n) is 6.15. The van der Waals surface area contributed by atoms with Crippen LogP contribution >= 0.6 is 0 Å². The molecule has 0 heterocycles. The predicted octanol–water partition coefficient (Wildman–Crippen LogP) is 3.73. The van der Waals surface area contributed by atoms with Crippen LogP contribution in [0.3, 0.4) is 0 Å². The van der Waals surface area contributed by atoms with Crippen molar-refractivity contribution in [2.75, 3.05) is 7.11 Å². The van der Waals surface area contributed by atoms with Gasteiger partial charge in [0.2, 0.25) is 0 Å². The summed E-state index contributed by atoms with van der Waals surface area (Å²) in [6, 6.07) is 0. The van der Waals surface area contributed by atoms with Gasteiger partial charge in [0.15, 0.2) is 0 Å². The molecule has 0 N–H and O–H groups in total. The average molecular weight is 186 g/mol. The van der Waals surface area contributed by atoms with E-state index in [0.717, 1.165) is 0 Å². The Morgan fingerprint density at radius 1 is 0.846 bits per heavy atom. The molecule has 0 saturated heterocycles. The van der Waals surface area contributed by atoms with Crippen molar-refractivity contribution in [2.45, 2.75) is 54.6 Å². The van der Waals surface area contributed by atoms with E-state index in [4.69, 9.17) is 4.74 Å². The third-order valence-corrected chi connectivity index (χ3v) is 2.71. The van der Waals surface area contributed by atoms with Crippen molar-refractivity contribution >= 4 is 0 Å². The zero-order valence-electron chi connectivity index (χ0n) is 10.6. The van der Waals surface area contributed by atoms with Crippen molar-refractivity contribution in [2.24, 2.45) is 16.7 Å². The molecule has 0 aliphatic carbocycles. The molecule has 1 atom stereocenters. The molecular weight excluding hydrogens is 160 g/mol. The van der Waals surface area contributed by atoms with Gasteiger partial charge in [0.1, 0.15) is 0 Å². The molecule has 0 amide bonds. The molecule has 1 unspecified atom stereocenters. The molecule has 0 spiro atoms. The highest BCUT2D eigenvalue weighted by atomic mass is 16.5. The van der Waals surface area contributed by atoms with Crippen LogP contribution in [0.4, 0.5) is 0 Å². The van der Waals surface area contributed by atoms with Gasteiger partial charge < -0.3 is 4.74 Å². The minimum absolute atomic E-state index is 0.299. The van der Waals surface area contributed by atoms with Gasteiger partial charge in [-0.3, -0.25) is 0 Å². The van der Waals surface area contributed by atoms with E-state index in [2.05, 4.69) is 48.5 Å². The standard InChI is InChI=1S/C12H26O/c1-9(13-8)10(11(2,3)4)12(5,6)7/h9-10H,1-8H3. The van der Waals surface area contributed by atoms with E-state index in [-0.39, 0.29) is 0 Å². The normalized spacial score (nSPS) is 16.4. The van der Waals surface area contributed by atoms with Gasteiger partial charge in [0.05, 0.1) is 6.10 Å². The summed E-state index contributed by atoms with van der Waals surface area (Å²) in [6.45, 7) is 15.9. The second-order valence-corrected chi connectivity index (χ2v) is 6.15. The van der Waals surface area contributed by atoms with E-state index in [0.29, 0.717) is 22.9 Å². The molecule has 1 nitrogen and oxygen atoms in total. The Bertz CT molecular complexity index is 133. The van der Waals surface area contributed by atoms with Crippen LogP contribution in [0.1, 0.15) is 48.5 Å². The molecule has 0 aromatic rings. The summed E-state index contributed by atoms with van der Waals surface area (Å²) >= 11 is 0. The fraction of sp³-hybridized carbons (Fsp3) is 1.00. The second kappa shape index (κ2) is 4.00. The maximum Gasteiger partial charge on any atom is 0.0581 e. The minimum atomic E-state index is 0.299. The first-order valence-corrected chi connectivity index (χ1v) is 5.13. The highest BCUT2D eigenvalue weighted by Crippen LogP contribution is 2.42. The lowest BCUT2D eigenvalue weighted by atomic mass is 9.64. The first kappa shape index (κ1) is 13.0. The lowest BCUT2D eigenvalue weighted by Crippen LogP contribution is -2.41. The first-order valence-electron chi connectivity index (χ1n) is 5.13. The van der Waals surface area contributed by atoms with Gasteiger partial charge in [0.25, 0.3) is 0 Å². The van der Waals surface area contributed by atoms with Crippen LogP contribution in [-0.4, -0.2) is 13.2 Å². The SMILES string of the molecule is COC(C)C(C(C)(C)C)C(C)(C)C. The van der Waals surface area contributed by atoms with E-state index in [1.165, 1.54) is 0 Å². The first-order chi connectivity index (χ1) is 5.60. The minimum Gasteiger partial charge on any atom is -0.381 e. The maximum absolute atomic E-state index is 5.47. The number of hydrogen-bond acceptors (Lipinski definition) is 1. The zero-order valence-corrected chi connectivity index (χ0v) is 10.6. The van der Waals surface area contributed by atoms with Crippen LogP contribution in [0.2, 0.25) is 0 Å². The lowest BCUT2D eigenvalue weighted by molar-refractivity contribution is -0.0393. The van der Waals surface area contributed by atoms with Gasteiger partial charge in [-0.1, -0.05) is 41.5 Å². The maximum atomic E-state index is 5.47. The van der Waals surface area contributed by atoms with Crippen molar-refractivity contribution in [1.82, 2.24) is 0 Å². The van der Waals surface area contributed by atoms with Crippen molar-refractivity contribution in [1.29, 1.82) is 0 Å². The zero-order chi connectivity index (χ0) is 10.9. The molecule has 13 heavy (non-hydrogen) atoms. The third-order valence-electron chi connectivity index (χ3n) is 2.71. The fourth-order valence-electron chi connectivity index (χ4n) is 2.84. The Labute approximate surface area is 83.9 Å². The summed E-state index contributed by atoms with van der Waals surface area (Å²) in [6.07, 6.45) is 0.319. The van der Waals surface area contributed by atoms with Crippen LogP contribution in [0.15, 0.2) is 0 Å². The molecular formula is C12H26O. The van der Waals surface area contributed by atoms with E-state index < -0.39 is 0 Å². The summed E-state index contributed by atoms with van der Waals surface area (Å²) in [7, 11) is 1.80. The number of rotatable bonds is 2. The Balaban J connectivity index is 4.78. The van der Waals surface area contributed by atoms with E-state index >= 15 is 0 Å². The number of methoxy groups -OCH3 is 1. The molecule has 0 radical (unpaired) electrons. The topological polar surface area (TPSA) is 9.23 Å². The predicted molar refractivity (Wildman–Crippen MR) is 58.9 cm³/mol. The van der Waals surface area contributed by atoms with Crippen LogP contribution in [0.5, 0.6) is 0 Å². The van der Waals surface area contributed by atoms with E-state index in [1.807, 2.05) is 0 Å². The molecule has 0 bridgehead atoms. The molecule has 80 valence electrons. The van der Waals surface area contributed by atoms with Crippen LogP contribution in [0.25, 0.3) is 0 Å². The van der Waals surface area contributed by atoms with E-state index in [9.17, 15) is 0 Å². The summed E-state index contributed by atoms with van der Waals surface area (Å²) in [5.74, 6) is 0.574. The van der Waals surface area contributed by atoms with Crippen LogP contribution < -0.4 is 0 Å². The third kappa shape index (κ3) is 3.68. The Morgan fingerprint density at radius 3 is 1.23 bits per heavy atom. The van der Waals surface area contributed by atoms with Crippen LogP contribution in [0, 0.1) is 16.7 Å². The Hall–Kier alpha value is -0.0400. The monoisotopic (exact) mass is 186 g/mol. The quantitative estimate of drug-likeness (QED) is 0.638. The molecule has 0 aliphatic rings. The van der Waals surface area contributed by atoms with Crippen molar-refractivity contribution in [3.63, 3.8) is 0 Å². The van der Waals surface area contributed by atoms with Crippen molar-refractivity contribution in [3.8, 4) is 0 Å². The fourth-order valence-corrected chi connectivity index (χ4v) is 2.84. The molecule has 0 aromatic carbocycles. The summed E-state index contributed by atoms with van der Waals surface area (Å²) < 4.78 is 5.47. The summed E-state index contributed by atoms with van der Waals surface area (Å²) in [5.41, 5.74) is 0.599. The van der Waals surface area contributed by atoms with Gasteiger partial charge in [-0.15, -0.1) is 0 Å².